The second kappa shape index (κ2) is 16.0. The van der Waals surface area contributed by atoms with Crippen LogP contribution in [0.2, 0.25) is 5.15 Å². The molecule has 0 fully saturated rings. The molecular weight excluding hydrogens is 636 g/mol. The molecule has 1 aromatic carbocycles. The van der Waals surface area contributed by atoms with Crippen LogP contribution in [0.5, 0.6) is 0 Å². The fourth-order valence-electron chi connectivity index (χ4n) is 4.81. The first-order chi connectivity index (χ1) is 23.0. The Bertz CT molecular complexity index is 1980. The number of hydrogen-bond donors (Lipinski definition) is 4. The lowest BCUT2D eigenvalue weighted by molar-refractivity contribution is -0.119. The number of carbonyl (C=O) groups is 4. The van der Waals surface area contributed by atoms with Crippen LogP contribution < -0.4 is 21.3 Å². The standard InChI is InChI=1S/C22H26N6O3.C11H13ClN4O/c1-5-9-23-22(31)16-11-28-19(14(16)4)20(24-12-25-28)26-17-10-15(8-7-13(17)3)21(30)27-18(29)6-2;1-3-4-13-11(17)8-5-16-9(7(8)2)10(12)14-6-15-16/h7-8,10-12H,5-6,9H2,1-4H3,(H,23,31)(H,24,25,26)(H,27,29,30);5-6H,3-4H2,1-2H3,(H,13,17). The number of hydrogen-bond acceptors (Lipinski definition) is 9. The lowest BCUT2D eigenvalue weighted by Gasteiger charge is -2.12. The molecule has 0 atom stereocenters. The van der Waals surface area contributed by atoms with Crippen LogP contribution in [0, 0.1) is 20.8 Å². The number of nitrogens with one attached hydrogen (secondary N) is 4. The SMILES string of the molecule is CCCNC(=O)c1cn2ncnc(Cl)c2c1C.CCCNC(=O)c1cn2ncnc(Nc3cc(C(=O)NC(=O)CC)ccc3C)c2c1C. The average molecular weight is 675 g/mol. The molecule has 4 aromatic heterocycles. The molecule has 0 unspecified atom stereocenters. The zero-order valence-electron chi connectivity index (χ0n) is 27.8. The molecule has 0 saturated carbocycles. The number of anilines is 2. The Morgan fingerprint density at radius 3 is 1.90 bits per heavy atom. The van der Waals surface area contributed by atoms with Gasteiger partial charge in [0.2, 0.25) is 5.91 Å². The molecule has 5 rings (SSSR count). The fourth-order valence-corrected chi connectivity index (χ4v) is 5.08. The van der Waals surface area contributed by atoms with Gasteiger partial charge in [-0.05, 0) is 62.4 Å². The van der Waals surface area contributed by atoms with E-state index in [9.17, 15) is 19.2 Å². The van der Waals surface area contributed by atoms with Crippen molar-refractivity contribution in [3.8, 4) is 0 Å². The van der Waals surface area contributed by atoms with Gasteiger partial charge in [-0.1, -0.05) is 38.4 Å². The molecule has 0 saturated heterocycles. The number of carbonyl (C=O) groups excluding carboxylic acids is 4. The third kappa shape index (κ3) is 7.94. The van der Waals surface area contributed by atoms with E-state index in [-0.39, 0.29) is 24.1 Å². The molecule has 4 heterocycles. The topological polar surface area (TPSA) is 177 Å². The highest BCUT2D eigenvalue weighted by Gasteiger charge is 2.19. The summed E-state index contributed by atoms with van der Waals surface area (Å²) in [5.41, 5.74) is 5.90. The van der Waals surface area contributed by atoms with Gasteiger partial charge in [0.05, 0.1) is 11.1 Å². The quantitative estimate of drug-likeness (QED) is 0.163. The van der Waals surface area contributed by atoms with Crippen molar-refractivity contribution in [1.82, 2.24) is 45.1 Å². The van der Waals surface area contributed by atoms with Crippen molar-refractivity contribution in [2.45, 2.75) is 60.8 Å². The maximum atomic E-state index is 12.5. The number of rotatable bonds is 10. The summed E-state index contributed by atoms with van der Waals surface area (Å²) in [5.74, 6) is -0.559. The number of fused-ring (bicyclic) bond motifs is 2. The predicted molar refractivity (Wildman–Crippen MR) is 183 cm³/mol. The second-order valence-electron chi connectivity index (χ2n) is 11.0. The van der Waals surface area contributed by atoms with Gasteiger partial charge in [-0.25, -0.2) is 19.0 Å². The molecule has 14 nitrogen and oxygen atoms in total. The smallest absolute Gasteiger partial charge is 0.257 e. The minimum Gasteiger partial charge on any atom is -0.352 e. The predicted octanol–water partition coefficient (Wildman–Crippen LogP) is 4.73. The second-order valence-corrected chi connectivity index (χ2v) is 11.3. The van der Waals surface area contributed by atoms with E-state index in [4.69, 9.17) is 11.6 Å². The minimum atomic E-state index is -0.462. The van der Waals surface area contributed by atoms with Crippen LogP contribution in [0.4, 0.5) is 11.5 Å². The fraction of sp³-hybridized carbons (Fsp3) is 0.333. The van der Waals surface area contributed by atoms with E-state index in [0.717, 1.165) is 29.5 Å². The zero-order valence-corrected chi connectivity index (χ0v) is 28.5. The lowest BCUT2D eigenvalue weighted by Crippen LogP contribution is -2.29. The number of aromatic nitrogens is 6. The van der Waals surface area contributed by atoms with Crippen LogP contribution in [-0.2, 0) is 4.79 Å². The van der Waals surface area contributed by atoms with Gasteiger partial charge < -0.3 is 16.0 Å². The van der Waals surface area contributed by atoms with Crippen molar-refractivity contribution in [1.29, 1.82) is 0 Å². The number of halogens is 1. The Labute approximate surface area is 282 Å². The Balaban J connectivity index is 0.000000257. The van der Waals surface area contributed by atoms with Crippen molar-refractivity contribution >= 4 is 57.8 Å². The molecule has 4 N–H and O–H groups in total. The van der Waals surface area contributed by atoms with Crippen LogP contribution in [0.25, 0.3) is 11.0 Å². The van der Waals surface area contributed by atoms with Crippen molar-refractivity contribution in [2.75, 3.05) is 18.4 Å². The van der Waals surface area contributed by atoms with Gasteiger partial charge >= 0.3 is 0 Å². The Morgan fingerprint density at radius 1 is 0.771 bits per heavy atom. The minimum absolute atomic E-state index is 0.106. The van der Waals surface area contributed by atoms with Gasteiger partial charge in [0.25, 0.3) is 17.7 Å². The molecule has 48 heavy (non-hydrogen) atoms. The van der Waals surface area contributed by atoms with Gasteiger partial charge in [0.1, 0.15) is 23.7 Å². The Kier molecular flexibility index (Phi) is 11.8. The number of nitrogens with zero attached hydrogens (tertiary/aromatic N) is 6. The monoisotopic (exact) mass is 674 g/mol. The normalized spacial score (nSPS) is 10.7. The van der Waals surface area contributed by atoms with Crippen LogP contribution in [0.15, 0.2) is 43.2 Å². The summed E-state index contributed by atoms with van der Waals surface area (Å²) in [7, 11) is 0. The largest absolute Gasteiger partial charge is 0.352 e. The van der Waals surface area contributed by atoms with E-state index < -0.39 is 5.91 Å². The van der Waals surface area contributed by atoms with Gasteiger partial charge in [0, 0.05) is 43.2 Å². The van der Waals surface area contributed by atoms with Crippen LogP contribution >= 0.6 is 11.6 Å². The van der Waals surface area contributed by atoms with E-state index in [1.807, 2.05) is 34.6 Å². The first-order valence-corrected chi connectivity index (χ1v) is 16.0. The van der Waals surface area contributed by atoms with Crippen LogP contribution in [0.3, 0.4) is 0 Å². The van der Waals surface area contributed by atoms with Crippen molar-refractivity contribution in [3.05, 3.63) is 81.8 Å². The molecule has 4 amide bonds. The molecule has 0 bridgehead atoms. The van der Waals surface area contributed by atoms with Crippen molar-refractivity contribution in [2.24, 2.45) is 0 Å². The van der Waals surface area contributed by atoms with E-state index in [0.29, 0.717) is 57.5 Å². The summed E-state index contributed by atoms with van der Waals surface area (Å²) in [4.78, 5) is 56.5. The number of benzene rings is 1. The van der Waals surface area contributed by atoms with Gasteiger partial charge in [-0.3, -0.25) is 24.5 Å². The van der Waals surface area contributed by atoms with Crippen molar-refractivity contribution in [3.63, 3.8) is 0 Å². The number of amides is 4. The third-order valence-electron chi connectivity index (χ3n) is 7.50. The van der Waals surface area contributed by atoms with Gasteiger partial charge in [0.15, 0.2) is 11.0 Å². The maximum absolute atomic E-state index is 12.5. The highest BCUT2D eigenvalue weighted by molar-refractivity contribution is 6.32. The Hall–Kier alpha value is -5.37. The highest BCUT2D eigenvalue weighted by atomic mass is 35.5. The molecule has 0 aliphatic rings. The summed E-state index contributed by atoms with van der Waals surface area (Å²) < 4.78 is 3.18. The summed E-state index contributed by atoms with van der Waals surface area (Å²) in [5, 5.41) is 19.9. The molecule has 0 spiro atoms. The zero-order chi connectivity index (χ0) is 35.0. The van der Waals surface area contributed by atoms with E-state index in [1.165, 1.54) is 12.7 Å². The lowest BCUT2D eigenvalue weighted by atomic mass is 10.1. The molecule has 0 radical (unpaired) electrons. The van der Waals surface area contributed by atoms with Crippen LogP contribution in [0.1, 0.15) is 87.8 Å². The first kappa shape index (κ1) is 35.5. The van der Waals surface area contributed by atoms with Crippen LogP contribution in [-0.4, -0.2) is 65.9 Å². The van der Waals surface area contributed by atoms with E-state index >= 15 is 0 Å². The molecular formula is C33H39ClN10O4. The van der Waals surface area contributed by atoms with Crippen molar-refractivity contribution < 1.29 is 19.2 Å². The third-order valence-corrected chi connectivity index (χ3v) is 7.77. The van der Waals surface area contributed by atoms with Gasteiger partial charge in [-0.15, -0.1) is 0 Å². The first-order valence-electron chi connectivity index (χ1n) is 15.6. The summed E-state index contributed by atoms with van der Waals surface area (Å²) >= 11 is 5.98. The molecule has 5 aromatic rings. The summed E-state index contributed by atoms with van der Waals surface area (Å²) in [6, 6.07) is 5.12. The highest BCUT2D eigenvalue weighted by Crippen LogP contribution is 2.27. The van der Waals surface area contributed by atoms with E-state index in [1.54, 1.807) is 46.5 Å². The molecule has 15 heteroatoms. The number of imide groups is 1. The van der Waals surface area contributed by atoms with Gasteiger partial charge in [-0.2, -0.15) is 10.2 Å². The molecule has 0 aliphatic carbocycles. The van der Waals surface area contributed by atoms with E-state index in [2.05, 4.69) is 41.4 Å². The summed E-state index contributed by atoms with van der Waals surface area (Å²) in [6.45, 7) is 12.5. The maximum Gasteiger partial charge on any atom is 0.257 e. The molecule has 252 valence electrons. The Morgan fingerprint density at radius 2 is 1.33 bits per heavy atom. The average Bonchev–Trinajstić information content (AvgIpc) is 3.61. The number of aryl methyl sites for hydroxylation is 3. The molecule has 0 aliphatic heterocycles. The summed E-state index contributed by atoms with van der Waals surface area (Å²) in [6.07, 6.45) is 8.08.